The minimum Gasteiger partial charge on any atom is -0.355 e. The molecule has 1 N–H and O–H groups in total. The van der Waals surface area contributed by atoms with Crippen LogP contribution in [0.4, 0.5) is 5.69 Å². The summed E-state index contributed by atoms with van der Waals surface area (Å²) in [4.78, 5) is 0. The van der Waals surface area contributed by atoms with Gasteiger partial charge in [0.2, 0.25) is 0 Å². The van der Waals surface area contributed by atoms with Crippen LogP contribution in [0.25, 0.3) is 6.08 Å². The summed E-state index contributed by atoms with van der Waals surface area (Å²) >= 11 is 0. The molecule has 0 radical (unpaired) electrons. The maximum Gasteiger partial charge on any atom is 0.0422 e. The van der Waals surface area contributed by atoms with E-state index in [9.17, 15) is 0 Å². The number of allylic oxidation sites excluding steroid dienone is 8. The average molecular weight is 301 g/mol. The van der Waals surface area contributed by atoms with Crippen molar-refractivity contribution in [3.63, 3.8) is 0 Å². The molecule has 1 heteroatoms. The van der Waals surface area contributed by atoms with E-state index >= 15 is 0 Å². The smallest absolute Gasteiger partial charge is 0.0422 e. The van der Waals surface area contributed by atoms with E-state index in [4.69, 9.17) is 0 Å². The second-order valence-corrected chi connectivity index (χ2v) is 6.45. The molecule has 0 saturated carbocycles. The third-order valence-electron chi connectivity index (χ3n) is 4.91. The summed E-state index contributed by atoms with van der Waals surface area (Å²) < 4.78 is 0. The van der Waals surface area contributed by atoms with Gasteiger partial charge in [0, 0.05) is 17.3 Å². The normalized spacial score (nSPS) is 22.3. The van der Waals surface area contributed by atoms with Gasteiger partial charge in [-0.15, -0.1) is 0 Å². The molecule has 1 atom stereocenters. The second kappa shape index (κ2) is 6.45. The topological polar surface area (TPSA) is 12.0 Å². The fourth-order valence-electron chi connectivity index (χ4n) is 3.72. The SMILES string of the molecule is C1=CCC(C2=CCCC=C2Nc2cccc3c2CCC=C3)C=C1. The molecule has 116 valence electrons. The third kappa shape index (κ3) is 2.96. The molecule has 3 aliphatic rings. The molecule has 0 saturated heterocycles. The summed E-state index contributed by atoms with van der Waals surface area (Å²) in [5.74, 6) is 0.512. The molecular formula is C22H23N. The van der Waals surface area contributed by atoms with E-state index in [-0.39, 0.29) is 0 Å². The van der Waals surface area contributed by atoms with Crippen molar-refractivity contribution in [1.29, 1.82) is 0 Å². The molecular weight excluding hydrogens is 278 g/mol. The molecule has 1 nitrogen and oxygen atoms in total. The van der Waals surface area contributed by atoms with Crippen LogP contribution in [-0.4, -0.2) is 0 Å². The predicted octanol–water partition coefficient (Wildman–Crippen LogP) is 5.79. The van der Waals surface area contributed by atoms with E-state index in [1.807, 2.05) is 0 Å². The standard InChI is InChI=1S/C22H23N/c1-2-9-17(10-3-1)19-14-6-7-15-21(19)23-22-16-8-12-18-11-4-5-13-20(18)22/h1-4,8-9,11-12,14-17,23H,5-7,10,13H2. The first kappa shape index (κ1) is 14.3. The monoisotopic (exact) mass is 301 g/mol. The third-order valence-corrected chi connectivity index (χ3v) is 4.91. The zero-order valence-electron chi connectivity index (χ0n) is 13.5. The molecule has 23 heavy (non-hydrogen) atoms. The number of hydrogen-bond acceptors (Lipinski definition) is 1. The number of rotatable bonds is 3. The quantitative estimate of drug-likeness (QED) is 0.744. The maximum atomic E-state index is 3.76. The Morgan fingerprint density at radius 3 is 2.83 bits per heavy atom. The van der Waals surface area contributed by atoms with Crippen LogP contribution >= 0.6 is 0 Å². The molecule has 1 unspecified atom stereocenters. The van der Waals surface area contributed by atoms with E-state index < -0.39 is 0 Å². The Morgan fingerprint density at radius 1 is 0.957 bits per heavy atom. The second-order valence-electron chi connectivity index (χ2n) is 6.45. The highest BCUT2D eigenvalue weighted by Gasteiger charge is 2.19. The Kier molecular flexibility index (Phi) is 4.02. The van der Waals surface area contributed by atoms with E-state index in [1.54, 1.807) is 0 Å². The fourth-order valence-corrected chi connectivity index (χ4v) is 3.72. The van der Waals surface area contributed by atoms with E-state index in [0.29, 0.717) is 5.92 Å². The number of benzene rings is 1. The molecule has 0 spiro atoms. The summed E-state index contributed by atoms with van der Waals surface area (Å²) in [5, 5.41) is 3.76. The highest BCUT2D eigenvalue weighted by Crippen LogP contribution is 2.34. The molecule has 4 rings (SSSR count). The van der Waals surface area contributed by atoms with Gasteiger partial charge < -0.3 is 5.32 Å². The van der Waals surface area contributed by atoms with Crippen LogP contribution in [0, 0.1) is 5.92 Å². The first-order valence-corrected chi connectivity index (χ1v) is 8.71. The van der Waals surface area contributed by atoms with Crippen molar-refractivity contribution >= 4 is 11.8 Å². The van der Waals surface area contributed by atoms with Crippen molar-refractivity contribution < 1.29 is 0 Å². The first-order valence-electron chi connectivity index (χ1n) is 8.71. The van der Waals surface area contributed by atoms with Crippen molar-refractivity contribution in [1.82, 2.24) is 0 Å². The Labute approximate surface area is 138 Å². The fraction of sp³-hybridized carbons (Fsp3) is 0.273. The zero-order valence-corrected chi connectivity index (χ0v) is 13.5. The van der Waals surface area contributed by atoms with Gasteiger partial charge in [0.15, 0.2) is 0 Å². The Balaban J connectivity index is 1.62. The van der Waals surface area contributed by atoms with Crippen LogP contribution < -0.4 is 5.32 Å². The van der Waals surface area contributed by atoms with Gasteiger partial charge in [-0.05, 0) is 54.9 Å². The zero-order chi connectivity index (χ0) is 15.5. The lowest BCUT2D eigenvalue weighted by atomic mass is 9.86. The van der Waals surface area contributed by atoms with Crippen molar-refractivity contribution in [2.45, 2.75) is 32.1 Å². The van der Waals surface area contributed by atoms with Gasteiger partial charge in [-0.2, -0.15) is 0 Å². The van der Waals surface area contributed by atoms with Gasteiger partial charge in [0.1, 0.15) is 0 Å². The van der Waals surface area contributed by atoms with E-state index in [0.717, 1.165) is 32.1 Å². The van der Waals surface area contributed by atoms with Crippen molar-refractivity contribution in [3.05, 3.63) is 83.1 Å². The Morgan fingerprint density at radius 2 is 1.91 bits per heavy atom. The molecule has 1 aromatic carbocycles. The highest BCUT2D eigenvalue weighted by atomic mass is 14.9. The lowest BCUT2D eigenvalue weighted by Crippen LogP contribution is -2.14. The Bertz CT molecular complexity index is 743. The first-order chi connectivity index (χ1) is 11.4. The van der Waals surface area contributed by atoms with Gasteiger partial charge in [0.05, 0.1) is 0 Å². The minimum absolute atomic E-state index is 0.512. The van der Waals surface area contributed by atoms with Crippen molar-refractivity contribution in [2.24, 2.45) is 5.92 Å². The summed E-state index contributed by atoms with van der Waals surface area (Å²) in [6.07, 6.45) is 23.9. The van der Waals surface area contributed by atoms with Crippen LogP contribution in [0.2, 0.25) is 0 Å². The van der Waals surface area contributed by atoms with Crippen molar-refractivity contribution in [3.8, 4) is 0 Å². The number of anilines is 1. The van der Waals surface area contributed by atoms with Crippen LogP contribution in [-0.2, 0) is 6.42 Å². The molecule has 0 bridgehead atoms. The van der Waals surface area contributed by atoms with Crippen LogP contribution in [0.5, 0.6) is 0 Å². The average Bonchev–Trinajstić information content (AvgIpc) is 2.63. The highest BCUT2D eigenvalue weighted by molar-refractivity contribution is 5.69. The molecule has 0 aromatic heterocycles. The molecule has 0 fully saturated rings. The summed E-state index contributed by atoms with van der Waals surface area (Å²) in [6, 6.07) is 6.60. The predicted molar refractivity (Wildman–Crippen MR) is 99.2 cm³/mol. The van der Waals surface area contributed by atoms with Crippen LogP contribution in [0.15, 0.2) is 72.0 Å². The van der Waals surface area contributed by atoms with Gasteiger partial charge in [-0.25, -0.2) is 0 Å². The van der Waals surface area contributed by atoms with Gasteiger partial charge in [-0.3, -0.25) is 0 Å². The summed E-state index contributed by atoms with van der Waals surface area (Å²) in [6.45, 7) is 0. The largest absolute Gasteiger partial charge is 0.355 e. The summed E-state index contributed by atoms with van der Waals surface area (Å²) in [7, 11) is 0. The maximum absolute atomic E-state index is 3.76. The Hall–Kier alpha value is -2.28. The van der Waals surface area contributed by atoms with Gasteiger partial charge in [0.25, 0.3) is 0 Å². The van der Waals surface area contributed by atoms with Crippen molar-refractivity contribution in [2.75, 3.05) is 5.32 Å². The lowest BCUT2D eigenvalue weighted by Gasteiger charge is -2.26. The number of hydrogen-bond donors (Lipinski definition) is 1. The van der Waals surface area contributed by atoms with Gasteiger partial charge in [-0.1, -0.05) is 60.7 Å². The molecule has 1 aromatic rings. The molecule has 0 amide bonds. The number of fused-ring (bicyclic) bond motifs is 1. The molecule has 0 heterocycles. The van der Waals surface area contributed by atoms with Crippen LogP contribution in [0.3, 0.4) is 0 Å². The number of nitrogens with one attached hydrogen (secondary N) is 1. The minimum atomic E-state index is 0.512. The van der Waals surface area contributed by atoms with Crippen LogP contribution in [0.1, 0.15) is 36.8 Å². The lowest BCUT2D eigenvalue weighted by molar-refractivity contribution is 0.756. The van der Waals surface area contributed by atoms with E-state index in [2.05, 4.69) is 72.1 Å². The van der Waals surface area contributed by atoms with E-state index in [1.165, 1.54) is 28.1 Å². The summed E-state index contributed by atoms with van der Waals surface area (Å²) in [5.41, 5.74) is 6.87. The molecule has 0 aliphatic heterocycles. The van der Waals surface area contributed by atoms with Gasteiger partial charge >= 0.3 is 0 Å². The molecule has 3 aliphatic carbocycles.